The van der Waals surface area contributed by atoms with Crippen molar-refractivity contribution < 1.29 is 14.3 Å². The van der Waals surface area contributed by atoms with Crippen molar-refractivity contribution in [1.82, 2.24) is 0 Å². The molecule has 0 spiro atoms. The minimum atomic E-state index is -0.400. The van der Waals surface area contributed by atoms with E-state index in [-0.39, 0.29) is 6.61 Å². The van der Waals surface area contributed by atoms with Gasteiger partial charge in [0.1, 0.15) is 5.75 Å². The van der Waals surface area contributed by atoms with Crippen molar-refractivity contribution >= 4 is 18.6 Å². The summed E-state index contributed by atoms with van der Waals surface area (Å²) >= 11 is 4.07. The molecule has 3 nitrogen and oxygen atoms in total. The van der Waals surface area contributed by atoms with E-state index in [9.17, 15) is 4.79 Å². The van der Waals surface area contributed by atoms with Crippen LogP contribution in [0.15, 0.2) is 24.3 Å². The third-order valence-corrected chi connectivity index (χ3v) is 2.13. The van der Waals surface area contributed by atoms with Crippen molar-refractivity contribution in [2.45, 2.75) is 6.42 Å². The third kappa shape index (κ3) is 5.32. The van der Waals surface area contributed by atoms with E-state index >= 15 is 0 Å². The van der Waals surface area contributed by atoms with Crippen molar-refractivity contribution in [2.75, 3.05) is 19.5 Å². The first-order valence-electron chi connectivity index (χ1n) is 5.15. The van der Waals surface area contributed by atoms with Crippen LogP contribution in [0.2, 0.25) is 0 Å². The summed E-state index contributed by atoms with van der Waals surface area (Å²) in [7, 11) is 1.33. The second-order valence-electron chi connectivity index (χ2n) is 3.16. The summed E-state index contributed by atoms with van der Waals surface area (Å²) < 4.78 is 9.67. The fraction of sp³-hybridized carbons (Fsp3) is 0.308. The Balaban J connectivity index is 2.51. The van der Waals surface area contributed by atoms with E-state index in [1.807, 2.05) is 12.1 Å². The molecule has 0 aliphatic rings. The van der Waals surface area contributed by atoms with Crippen molar-refractivity contribution in [3.05, 3.63) is 29.8 Å². The summed E-state index contributed by atoms with van der Waals surface area (Å²) in [5, 5.41) is 0. The van der Waals surface area contributed by atoms with Crippen LogP contribution in [0.25, 0.3) is 0 Å². The Bertz CT molecular complexity index is 415. The van der Waals surface area contributed by atoms with Gasteiger partial charge in [-0.15, -0.1) is 0 Å². The Morgan fingerprint density at radius 3 is 2.65 bits per heavy atom. The number of esters is 1. The molecule has 0 aliphatic carbocycles. The zero-order valence-electron chi connectivity index (χ0n) is 9.60. The molecular formula is C13H14O3S. The second-order valence-corrected chi connectivity index (χ2v) is 3.61. The first-order chi connectivity index (χ1) is 8.26. The van der Waals surface area contributed by atoms with Crippen LogP contribution in [0, 0.1) is 11.8 Å². The highest BCUT2D eigenvalue weighted by atomic mass is 32.1. The number of benzene rings is 1. The zero-order chi connectivity index (χ0) is 12.5. The van der Waals surface area contributed by atoms with Gasteiger partial charge in [-0.05, 0) is 24.3 Å². The van der Waals surface area contributed by atoms with Crippen molar-refractivity contribution in [3.63, 3.8) is 0 Å². The number of hydrogen-bond donors (Lipinski definition) is 1. The molecule has 1 aromatic carbocycles. The molecule has 0 saturated heterocycles. The third-order valence-electron chi connectivity index (χ3n) is 1.91. The highest BCUT2D eigenvalue weighted by molar-refractivity contribution is 7.80. The molecule has 0 aliphatic heterocycles. The molecule has 4 heteroatoms. The Labute approximate surface area is 107 Å². The van der Waals surface area contributed by atoms with E-state index in [1.54, 1.807) is 12.1 Å². The molecule has 0 heterocycles. The van der Waals surface area contributed by atoms with E-state index < -0.39 is 5.97 Å². The number of rotatable bonds is 4. The van der Waals surface area contributed by atoms with Crippen LogP contribution in [0.3, 0.4) is 0 Å². The van der Waals surface area contributed by atoms with E-state index in [0.29, 0.717) is 5.75 Å². The highest BCUT2D eigenvalue weighted by Gasteiger charge is 2.00. The lowest BCUT2D eigenvalue weighted by Crippen LogP contribution is -2.12. The van der Waals surface area contributed by atoms with Gasteiger partial charge in [0, 0.05) is 17.7 Å². The maximum Gasteiger partial charge on any atom is 0.343 e. The molecule has 17 heavy (non-hydrogen) atoms. The maximum absolute atomic E-state index is 10.8. The quantitative estimate of drug-likeness (QED) is 0.504. The minimum absolute atomic E-state index is 0.0822. The number of carbonyl (C=O) groups excluding carboxylic acids is 1. The summed E-state index contributed by atoms with van der Waals surface area (Å²) in [6.07, 6.45) is 0.768. The Hall–Kier alpha value is -1.60. The molecular weight excluding hydrogens is 236 g/mol. The number of methoxy groups -OCH3 is 1. The van der Waals surface area contributed by atoms with Gasteiger partial charge in [0.25, 0.3) is 0 Å². The van der Waals surface area contributed by atoms with Crippen LogP contribution in [-0.4, -0.2) is 25.4 Å². The Morgan fingerprint density at radius 2 is 2.06 bits per heavy atom. The molecule has 0 unspecified atom stereocenters. The summed E-state index contributed by atoms with van der Waals surface area (Å²) in [5.74, 6) is 6.97. The Morgan fingerprint density at radius 1 is 1.35 bits per heavy atom. The van der Waals surface area contributed by atoms with E-state index in [1.165, 1.54) is 7.11 Å². The molecule has 0 fully saturated rings. The molecule has 0 amide bonds. The van der Waals surface area contributed by atoms with Gasteiger partial charge in [-0.1, -0.05) is 11.8 Å². The van der Waals surface area contributed by atoms with Crippen molar-refractivity contribution in [1.29, 1.82) is 0 Å². The van der Waals surface area contributed by atoms with Crippen LogP contribution in [-0.2, 0) is 9.53 Å². The highest BCUT2D eigenvalue weighted by Crippen LogP contribution is 2.11. The van der Waals surface area contributed by atoms with Gasteiger partial charge in [0.15, 0.2) is 6.61 Å². The van der Waals surface area contributed by atoms with Gasteiger partial charge in [0.05, 0.1) is 7.11 Å². The van der Waals surface area contributed by atoms with Gasteiger partial charge in [-0.3, -0.25) is 0 Å². The smallest absolute Gasteiger partial charge is 0.343 e. The Kier molecular flexibility index (Phi) is 6.05. The lowest BCUT2D eigenvalue weighted by molar-refractivity contribution is -0.142. The number of thiol groups is 1. The summed E-state index contributed by atoms with van der Waals surface area (Å²) in [6.45, 7) is -0.0822. The van der Waals surface area contributed by atoms with E-state index in [0.717, 1.165) is 17.7 Å². The molecule has 1 aromatic rings. The standard InChI is InChI=1S/C13H14O3S/c1-15-13(14)10-16-12-7-5-11(6-8-12)4-2-3-9-17/h5-8,17H,3,9-10H2,1H3. The fourth-order valence-electron chi connectivity index (χ4n) is 1.06. The summed E-state index contributed by atoms with van der Waals surface area (Å²) in [4.78, 5) is 10.8. The van der Waals surface area contributed by atoms with Crippen LogP contribution < -0.4 is 4.74 Å². The summed E-state index contributed by atoms with van der Waals surface area (Å²) in [6, 6.07) is 7.23. The molecule has 1 rings (SSSR count). The van der Waals surface area contributed by atoms with Gasteiger partial charge >= 0.3 is 5.97 Å². The SMILES string of the molecule is COC(=O)COc1ccc(C#CCCS)cc1. The molecule has 0 saturated carbocycles. The number of ether oxygens (including phenoxy) is 2. The lowest BCUT2D eigenvalue weighted by atomic mass is 10.2. The predicted octanol–water partition coefficient (Wildman–Crippen LogP) is 1.91. The number of carbonyl (C=O) groups is 1. The van der Waals surface area contributed by atoms with E-state index in [2.05, 4.69) is 29.2 Å². The van der Waals surface area contributed by atoms with Gasteiger partial charge in [-0.2, -0.15) is 12.6 Å². The summed E-state index contributed by atoms with van der Waals surface area (Å²) in [5.41, 5.74) is 0.914. The minimum Gasteiger partial charge on any atom is -0.482 e. The topological polar surface area (TPSA) is 35.5 Å². The molecule has 0 N–H and O–H groups in total. The first kappa shape index (κ1) is 13.5. The molecule has 90 valence electrons. The van der Waals surface area contributed by atoms with E-state index in [4.69, 9.17) is 4.74 Å². The monoisotopic (exact) mass is 250 g/mol. The average molecular weight is 250 g/mol. The van der Waals surface area contributed by atoms with Gasteiger partial charge < -0.3 is 9.47 Å². The van der Waals surface area contributed by atoms with Crippen LogP contribution in [0.4, 0.5) is 0 Å². The van der Waals surface area contributed by atoms with Crippen LogP contribution >= 0.6 is 12.6 Å². The van der Waals surface area contributed by atoms with Crippen molar-refractivity contribution in [3.8, 4) is 17.6 Å². The number of hydrogen-bond acceptors (Lipinski definition) is 4. The largest absolute Gasteiger partial charge is 0.482 e. The zero-order valence-corrected chi connectivity index (χ0v) is 10.5. The van der Waals surface area contributed by atoms with Crippen molar-refractivity contribution in [2.24, 2.45) is 0 Å². The molecule has 0 atom stereocenters. The average Bonchev–Trinajstić information content (AvgIpc) is 2.37. The predicted molar refractivity (Wildman–Crippen MR) is 69.3 cm³/mol. The first-order valence-corrected chi connectivity index (χ1v) is 5.79. The van der Waals surface area contributed by atoms with Gasteiger partial charge in [-0.25, -0.2) is 4.79 Å². The van der Waals surface area contributed by atoms with Crippen LogP contribution in [0.1, 0.15) is 12.0 Å². The second kappa shape index (κ2) is 7.64. The normalized spacial score (nSPS) is 9.06. The maximum atomic E-state index is 10.8. The van der Waals surface area contributed by atoms with Gasteiger partial charge in [0.2, 0.25) is 0 Å². The fourth-order valence-corrected chi connectivity index (χ4v) is 1.17. The molecule has 0 bridgehead atoms. The van der Waals surface area contributed by atoms with Crippen LogP contribution in [0.5, 0.6) is 5.75 Å². The molecule has 0 aromatic heterocycles. The molecule has 0 radical (unpaired) electrons. The lowest BCUT2D eigenvalue weighted by Gasteiger charge is -2.03.